The van der Waals surface area contributed by atoms with Crippen LogP contribution in [-0.2, 0) is 11.3 Å². The Kier molecular flexibility index (Phi) is 3.94. The van der Waals surface area contributed by atoms with Gasteiger partial charge in [-0.2, -0.15) is 0 Å². The highest BCUT2D eigenvalue weighted by Gasteiger charge is 2.12. The molecule has 1 aliphatic rings. The third-order valence-corrected chi connectivity index (χ3v) is 4.06. The summed E-state index contributed by atoms with van der Waals surface area (Å²) in [5, 5.41) is 1.25. The zero-order valence-electron chi connectivity index (χ0n) is 12.3. The summed E-state index contributed by atoms with van der Waals surface area (Å²) in [5.41, 5.74) is 2.60. The topological polar surface area (TPSA) is 26.6 Å². The standard InChI is InChI=1S/C16H22N2O2/c1-13-11-14-12-15(19-2)3-4-16(14)18(13)6-5-17-7-9-20-10-8-17/h3-4,11-12H,5-10H2,1-2H3. The quantitative estimate of drug-likeness (QED) is 0.856. The molecule has 0 spiro atoms. The van der Waals surface area contributed by atoms with Gasteiger partial charge in [0.15, 0.2) is 0 Å². The van der Waals surface area contributed by atoms with Crippen LogP contribution < -0.4 is 4.74 Å². The zero-order valence-corrected chi connectivity index (χ0v) is 12.3. The lowest BCUT2D eigenvalue weighted by Crippen LogP contribution is -2.38. The highest BCUT2D eigenvalue weighted by atomic mass is 16.5. The minimum Gasteiger partial charge on any atom is -0.497 e. The summed E-state index contributed by atoms with van der Waals surface area (Å²) in [6.07, 6.45) is 0. The Labute approximate surface area is 119 Å². The third-order valence-electron chi connectivity index (χ3n) is 4.06. The summed E-state index contributed by atoms with van der Waals surface area (Å²) in [6, 6.07) is 8.53. The number of nitrogens with zero attached hydrogens (tertiary/aromatic N) is 2. The number of aromatic nitrogens is 1. The average molecular weight is 274 g/mol. The monoisotopic (exact) mass is 274 g/mol. The molecular formula is C16H22N2O2. The number of fused-ring (bicyclic) bond motifs is 1. The molecule has 2 aromatic rings. The molecule has 1 aromatic carbocycles. The molecule has 4 nitrogen and oxygen atoms in total. The van der Waals surface area contributed by atoms with Gasteiger partial charge < -0.3 is 14.0 Å². The molecule has 1 aromatic heterocycles. The lowest BCUT2D eigenvalue weighted by molar-refractivity contribution is 0.0365. The van der Waals surface area contributed by atoms with E-state index in [2.05, 4.69) is 34.6 Å². The van der Waals surface area contributed by atoms with Crippen LogP contribution >= 0.6 is 0 Å². The minimum absolute atomic E-state index is 0.864. The normalized spacial score (nSPS) is 16.7. The smallest absolute Gasteiger partial charge is 0.119 e. The van der Waals surface area contributed by atoms with Crippen LogP contribution in [0.1, 0.15) is 5.69 Å². The Morgan fingerprint density at radius 3 is 2.70 bits per heavy atom. The first-order valence-electron chi connectivity index (χ1n) is 7.22. The van der Waals surface area contributed by atoms with Crippen molar-refractivity contribution in [2.45, 2.75) is 13.5 Å². The van der Waals surface area contributed by atoms with Gasteiger partial charge in [-0.25, -0.2) is 0 Å². The van der Waals surface area contributed by atoms with Gasteiger partial charge in [0.2, 0.25) is 0 Å². The molecule has 1 saturated heterocycles. The van der Waals surface area contributed by atoms with Gasteiger partial charge in [0.05, 0.1) is 20.3 Å². The van der Waals surface area contributed by atoms with E-state index in [9.17, 15) is 0 Å². The molecule has 20 heavy (non-hydrogen) atoms. The number of rotatable bonds is 4. The van der Waals surface area contributed by atoms with Gasteiger partial charge in [0.1, 0.15) is 5.75 Å². The second-order valence-electron chi connectivity index (χ2n) is 5.32. The number of benzene rings is 1. The summed E-state index contributed by atoms with van der Waals surface area (Å²) in [7, 11) is 1.71. The molecule has 0 aliphatic carbocycles. The molecule has 0 saturated carbocycles. The van der Waals surface area contributed by atoms with Crippen molar-refractivity contribution in [1.29, 1.82) is 0 Å². The molecule has 2 heterocycles. The predicted octanol–water partition coefficient (Wildman–Crippen LogP) is 2.29. The van der Waals surface area contributed by atoms with Gasteiger partial charge in [0, 0.05) is 42.8 Å². The number of methoxy groups -OCH3 is 1. The van der Waals surface area contributed by atoms with E-state index in [1.807, 2.05) is 6.07 Å². The molecule has 0 unspecified atom stereocenters. The first-order chi connectivity index (χ1) is 9.78. The highest BCUT2D eigenvalue weighted by molar-refractivity contribution is 5.82. The molecule has 4 heteroatoms. The van der Waals surface area contributed by atoms with E-state index < -0.39 is 0 Å². The van der Waals surface area contributed by atoms with Crippen LogP contribution in [0.5, 0.6) is 5.75 Å². The van der Waals surface area contributed by atoms with Gasteiger partial charge >= 0.3 is 0 Å². The minimum atomic E-state index is 0.864. The van der Waals surface area contributed by atoms with E-state index in [-0.39, 0.29) is 0 Å². The van der Waals surface area contributed by atoms with Crippen molar-refractivity contribution in [1.82, 2.24) is 9.47 Å². The maximum atomic E-state index is 5.39. The number of hydrogen-bond acceptors (Lipinski definition) is 3. The Balaban J connectivity index is 1.78. The highest BCUT2D eigenvalue weighted by Crippen LogP contribution is 2.24. The molecule has 1 aliphatic heterocycles. The fourth-order valence-electron chi connectivity index (χ4n) is 2.88. The molecule has 0 amide bonds. The zero-order chi connectivity index (χ0) is 13.9. The van der Waals surface area contributed by atoms with Crippen molar-refractivity contribution in [3.8, 4) is 5.75 Å². The van der Waals surface area contributed by atoms with Crippen LogP contribution in [0.2, 0.25) is 0 Å². The average Bonchev–Trinajstić information content (AvgIpc) is 2.80. The fraction of sp³-hybridized carbons (Fsp3) is 0.500. The SMILES string of the molecule is COc1ccc2c(c1)cc(C)n2CCN1CCOCC1. The predicted molar refractivity (Wildman–Crippen MR) is 80.5 cm³/mol. The summed E-state index contributed by atoms with van der Waals surface area (Å²) in [6.45, 7) is 8.11. The van der Waals surface area contributed by atoms with Crippen LogP contribution in [-0.4, -0.2) is 49.4 Å². The van der Waals surface area contributed by atoms with Crippen molar-refractivity contribution >= 4 is 10.9 Å². The molecule has 1 fully saturated rings. The van der Waals surface area contributed by atoms with Crippen molar-refractivity contribution in [3.05, 3.63) is 30.0 Å². The molecule has 0 N–H and O–H groups in total. The Morgan fingerprint density at radius 2 is 1.95 bits per heavy atom. The van der Waals surface area contributed by atoms with Crippen LogP contribution in [0.15, 0.2) is 24.3 Å². The first kappa shape index (κ1) is 13.5. The Hall–Kier alpha value is -1.52. The lowest BCUT2D eigenvalue weighted by Gasteiger charge is -2.27. The molecule has 108 valence electrons. The summed E-state index contributed by atoms with van der Waals surface area (Å²) < 4.78 is 13.1. The van der Waals surface area contributed by atoms with E-state index in [0.717, 1.165) is 45.1 Å². The van der Waals surface area contributed by atoms with Gasteiger partial charge in [-0.1, -0.05) is 0 Å². The van der Waals surface area contributed by atoms with Crippen LogP contribution in [0.25, 0.3) is 10.9 Å². The maximum Gasteiger partial charge on any atom is 0.119 e. The van der Waals surface area contributed by atoms with E-state index in [1.165, 1.54) is 16.6 Å². The number of hydrogen-bond donors (Lipinski definition) is 0. The van der Waals surface area contributed by atoms with E-state index in [4.69, 9.17) is 9.47 Å². The largest absolute Gasteiger partial charge is 0.497 e. The second-order valence-corrected chi connectivity index (χ2v) is 5.32. The van der Waals surface area contributed by atoms with Gasteiger partial charge in [-0.15, -0.1) is 0 Å². The lowest BCUT2D eigenvalue weighted by atomic mass is 10.2. The fourth-order valence-corrected chi connectivity index (χ4v) is 2.88. The van der Waals surface area contributed by atoms with E-state index >= 15 is 0 Å². The van der Waals surface area contributed by atoms with Crippen LogP contribution in [0, 0.1) is 6.92 Å². The van der Waals surface area contributed by atoms with Gasteiger partial charge in [0.25, 0.3) is 0 Å². The first-order valence-corrected chi connectivity index (χ1v) is 7.22. The third kappa shape index (κ3) is 2.67. The molecule has 0 radical (unpaired) electrons. The van der Waals surface area contributed by atoms with Crippen molar-refractivity contribution in [2.24, 2.45) is 0 Å². The van der Waals surface area contributed by atoms with Crippen molar-refractivity contribution in [2.75, 3.05) is 40.0 Å². The van der Waals surface area contributed by atoms with Crippen molar-refractivity contribution < 1.29 is 9.47 Å². The number of aryl methyl sites for hydroxylation is 1. The van der Waals surface area contributed by atoms with Crippen LogP contribution in [0.3, 0.4) is 0 Å². The summed E-state index contributed by atoms with van der Waals surface area (Å²) in [4.78, 5) is 2.47. The van der Waals surface area contributed by atoms with Crippen LogP contribution in [0.4, 0.5) is 0 Å². The summed E-state index contributed by atoms with van der Waals surface area (Å²) in [5.74, 6) is 0.919. The second kappa shape index (κ2) is 5.85. The number of morpholine rings is 1. The number of ether oxygens (including phenoxy) is 2. The Bertz CT molecular complexity index is 585. The maximum absolute atomic E-state index is 5.39. The Morgan fingerprint density at radius 1 is 1.15 bits per heavy atom. The molecule has 3 rings (SSSR count). The molecule has 0 bridgehead atoms. The summed E-state index contributed by atoms with van der Waals surface area (Å²) >= 11 is 0. The van der Waals surface area contributed by atoms with Gasteiger partial charge in [-0.3, -0.25) is 4.90 Å². The van der Waals surface area contributed by atoms with Crippen molar-refractivity contribution in [3.63, 3.8) is 0 Å². The van der Waals surface area contributed by atoms with E-state index in [1.54, 1.807) is 7.11 Å². The molecule has 0 atom stereocenters. The van der Waals surface area contributed by atoms with Gasteiger partial charge in [-0.05, 0) is 31.2 Å². The molecular weight excluding hydrogens is 252 g/mol. The van der Waals surface area contributed by atoms with E-state index in [0.29, 0.717) is 0 Å².